The second-order valence-corrected chi connectivity index (χ2v) is 5.78. The van der Waals surface area contributed by atoms with Crippen LogP contribution in [0.5, 0.6) is 0 Å². The molecule has 0 radical (unpaired) electrons. The Kier molecular flexibility index (Phi) is 3.62. The van der Waals surface area contributed by atoms with Crippen LogP contribution in [-0.4, -0.2) is 9.55 Å². The molecule has 108 valence electrons. The Morgan fingerprint density at radius 2 is 1.86 bits per heavy atom. The van der Waals surface area contributed by atoms with Gasteiger partial charge in [-0.05, 0) is 52.4 Å². The molecule has 0 fully saturated rings. The lowest BCUT2D eigenvalue weighted by molar-refractivity contribution is 0.577. The van der Waals surface area contributed by atoms with E-state index < -0.39 is 17.5 Å². The molecule has 0 unspecified atom stereocenters. The number of hydrogen-bond acceptors (Lipinski definition) is 1. The molecule has 0 saturated carbocycles. The monoisotopic (exact) mass is 372 g/mol. The average Bonchev–Trinajstić information content (AvgIpc) is 2.71. The zero-order valence-electron chi connectivity index (χ0n) is 10.5. The topological polar surface area (TPSA) is 20.7 Å². The fourth-order valence-electron chi connectivity index (χ4n) is 2.14. The van der Waals surface area contributed by atoms with Crippen LogP contribution in [0.4, 0.5) is 13.2 Å². The summed E-state index contributed by atoms with van der Waals surface area (Å²) in [7, 11) is 0. The predicted molar refractivity (Wildman–Crippen MR) is 80.2 cm³/mol. The van der Waals surface area contributed by atoms with E-state index in [1.807, 2.05) is 0 Å². The SMILES string of the molecule is Fc1ccc(F)c(Cn2c(=S)[nH]c3cc(Br)c(F)cc32)c1. The Labute approximate surface area is 131 Å². The van der Waals surface area contributed by atoms with E-state index >= 15 is 0 Å². The summed E-state index contributed by atoms with van der Waals surface area (Å²) in [5.74, 6) is -1.53. The highest BCUT2D eigenvalue weighted by Crippen LogP contribution is 2.24. The van der Waals surface area contributed by atoms with Gasteiger partial charge in [-0.25, -0.2) is 13.2 Å². The van der Waals surface area contributed by atoms with Crippen LogP contribution in [0.15, 0.2) is 34.8 Å². The van der Waals surface area contributed by atoms with Crippen LogP contribution in [0.3, 0.4) is 0 Å². The van der Waals surface area contributed by atoms with Gasteiger partial charge in [-0.1, -0.05) is 0 Å². The third-order valence-corrected chi connectivity index (χ3v) is 4.08. The molecule has 7 heteroatoms. The summed E-state index contributed by atoms with van der Waals surface area (Å²) < 4.78 is 42.8. The van der Waals surface area contributed by atoms with Crippen molar-refractivity contribution in [2.75, 3.05) is 0 Å². The first-order chi connectivity index (χ1) is 9.95. The first-order valence-electron chi connectivity index (χ1n) is 5.97. The van der Waals surface area contributed by atoms with Crippen molar-refractivity contribution in [1.29, 1.82) is 0 Å². The summed E-state index contributed by atoms with van der Waals surface area (Å²) in [5, 5.41) is 0. The molecule has 0 spiro atoms. The van der Waals surface area contributed by atoms with Gasteiger partial charge in [0.25, 0.3) is 0 Å². The van der Waals surface area contributed by atoms with Crippen LogP contribution in [0.2, 0.25) is 0 Å². The van der Waals surface area contributed by atoms with Crippen molar-refractivity contribution in [2.45, 2.75) is 6.54 Å². The molecule has 0 bridgehead atoms. The third kappa shape index (κ3) is 2.63. The first-order valence-corrected chi connectivity index (χ1v) is 7.17. The maximum Gasteiger partial charge on any atom is 0.178 e. The normalized spacial score (nSPS) is 11.2. The fraction of sp³-hybridized carbons (Fsp3) is 0.0714. The van der Waals surface area contributed by atoms with Crippen LogP contribution < -0.4 is 0 Å². The van der Waals surface area contributed by atoms with Crippen LogP contribution in [0.25, 0.3) is 11.0 Å². The molecule has 0 aliphatic rings. The lowest BCUT2D eigenvalue weighted by Crippen LogP contribution is -2.03. The van der Waals surface area contributed by atoms with Crippen molar-refractivity contribution in [3.63, 3.8) is 0 Å². The molecule has 2 aromatic carbocycles. The number of fused-ring (bicyclic) bond motifs is 1. The van der Waals surface area contributed by atoms with E-state index in [1.165, 1.54) is 10.6 Å². The smallest absolute Gasteiger partial charge is 0.178 e. The van der Waals surface area contributed by atoms with E-state index in [4.69, 9.17) is 12.2 Å². The highest BCUT2D eigenvalue weighted by atomic mass is 79.9. The molecular weight excluding hydrogens is 365 g/mol. The molecule has 0 amide bonds. The molecule has 0 atom stereocenters. The van der Waals surface area contributed by atoms with Gasteiger partial charge in [0.2, 0.25) is 0 Å². The minimum atomic E-state index is -0.537. The first kappa shape index (κ1) is 14.3. The maximum absolute atomic E-state index is 13.7. The van der Waals surface area contributed by atoms with Gasteiger partial charge in [0.1, 0.15) is 17.5 Å². The van der Waals surface area contributed by atoms with E-state index in [-0.39, 0.29) is 12.1 Å². The van der Waals surface area contributed by atoms with Gasteiger partial charge in [0, 0.05) is 11.6 Å². The zero-order chi connectivity index (χ0) is 15.1. The molecule has 0 aliphatic heterocycles. The highest BCUT2D eigenvalue weighted by molar-refractivity contribution is 9.10. The van der Waals surface area contributed by atoms with Crippen molar-refractivity contribution in [3.8, 4) is 0 Å². The molecule has 1 heterocycles. The summed E-state index contributed by atoms with van der Waals surface area (Å²) in [6.07, 6.45) is 0. The van der Waals surface area contributed by atoms with Crippen LogP contribution in [0, 0.1) is 22.2 Å². The molecule has 0 aliphatic carbocycles. The van der Waals surface area contributed by atoms with Gasteiger partial charge in [-0.15, -0.1) is 0 Å². The van der Waals surface area contributed by atoms with E-state index in [9.17, 15) is 13.2 Å². The van der Waals surface area contributed by atoms with E-state index in [1.54, 1.807) is 6.07 Å². The molecule has 3 rings (SSSR count). The van der Waals surface area contributed by atoms with Gasteiger partial charge in [-0.3, -0.25) is 0 Å². The summed E-state index contributed by atoms with van der Waals surface area (Å²) in [6.45, 7) is 0.0174. The summed E-state index contributed by atoms with van der Waals surface area (Å²) in [6, 6.07) is 6.05. The molecule has 1 aromatic heterocycles. The molecule has 0 saturated heterocycles. The highest BCUT2D eigenvalue weighted by Gasteiger charge is 2.11. The molecule has 1 N–H and O–H groups in total. The zero-order valence-corrected chi connectivity index (χ0v) is 12.9. The minimum Gasteiger partial charge on any atom is -0.331 e. The number of hydrogen-bond donors (Lipinski definition) is 1. The van der Waals surface area contributed by atoms with Crippen molar-refractivity contribution < 1.29 is 13.2 Å². The van der Waals surface area contributed by atoms with Gasteiger partial charge < -0.3 is 9.55 Å². The summed E-state index contributed by atoms with van der Waals surface area (Å²) >= 11 is 8.26. The molecule has 21 heavy (non-hydrogen) atoms. The Bertz CT molecular complexity index is 901. The average molecular weight is 373 g/mol. The number of aromatic amines is 1. The summed E-state index contributed by atoms with van der Waals surface area (Å²) in [4.78, 5) is 2.91. The van der Waals surface area contributed by atoms with Crippen LogP contribution in [-0.2, 0) is 6.54 Å². The Hall–Kier alpha value is -1.60. The Morgan fingerprint density at radius 1 is 1.10 bits per heavy atom. The fourth-order valence-corrected chi connectivity index (χ4v) is 2.76. The minimum absolute atomic E-state index is 0.0174. The second kappa shape index (κ2) is 5.31. The Balaban J connectivity index is 2.16. The van der Waals surface area contributed by atoms with Gasteiger partial charge in [0.15, 0.2) is 4.77 Å². The van der Waals surface area contributed by atoms with Crippen molar-refractivity contribution in [3.05, 3.63) is 62.6 Å². The van der Waals surface area contributed by atoms with Gasteiger partial charge in [0.05, 0.1) is 22.1 Å². The number of imidazole rings is 1. The standard InChI is InChI=1S/C14H8BrF3N2S/c15-9-4-12-13(5-11(9)18)20(14(21)19-12)6-7-3-8(16)1-2-10(7)17/h1-5H,6H2,(H,19,21). The number of nitrogens with zero attached hydrogens (tertiary/aromatic N) is 1. The maximum atomic E-state index is 13.7. The number of aromatic nitrogens is 2. The number of H-pyrrole nitrogens is 1. The number of halogens is 4. The quantitative estimate of drug-likeness (QED) is 0.632. The summed E-state index contributed by atoms with van der Waals surface area (Å²) in [5.41, 5.74) is 1.25. The number of rotatable bonds is 2. The van der Waals surface area contributed by atoms with E-state index in [2.05, 4.69) is 20.9 Å². The van der Waals surface area contributed by atoms with Crippen LogP contribution >= 0.6 is 28.1 Å². The Morgan fingerprint density at radius 3 is 2.62 bits per heavy atom. The van der Waals surface area contributed by atoms with Gasteiger partial charge >= 0.3 is 0 Å². The molecular formula is C14H8BrF3N2S. The molecule has 2 nitrogen and oxygen atoms in total. The largest absolute Gasteiger partial charge is 0.331 e. The lowest BCUT2D eigenvalue weighted by atomic mass is 10.2. The van der Waals surface area contributed by atoms with Crippen LogP contribution in [0.1, 0.15) is 5.56 Å². The number of nitrogens with one attached hydrogen (secondary N) is 1. The predicted octanol–water partition coefficient (Wildman–Crippen LogP) is 4.93. The van der Waals surface area contributed by atoms with E-state index in [0.29, 0.717) is 20.3 Å². The second-order valence-electron chi connectivity index (χ2n) is 4.54. The number of benzene rings is 2. The van der Waals surface area contributed by atoms with Crippen molar-refractivity contribution in [1.82, 2.24) is 9.55 Å². The van der Waals surface area contributed by atoms with Crippen molar-refractivity contribution in [2.24, 2.45) is 0 Å². The van der Waals surface area contributed by atoms with E-state index in [0.717, 1.165) is 18.2 Å². The van der Waals surface area contributed by atoms with Gasteiger partial charge in [-0.2, -0.15) is 0 Å². The molecule has 3 aromatic rings. The lowest BCUT2D eigenvalue weighted by Gasteiger charge is -2.07. The third-order valence-electron chi connectivity index (χ3n) is 3.15. The van der Waals surface area contributed by atoms with Crippen molar-refractivity contribution >= 4 is 39.2 Å².